The van der Waals surface area contributed by atoms with E-state index in [-0.39, 0.29) is 5.91 Å². The number of fused-ring (bicyclic) bond motifs is 1. The Hall–Kier alpha value is -4.11. The minimum atomic E-state index is -0.0535. The maximum atomic E-state index is 13.3. The molecule has 0 unspecified atom stereocenters. The molecule has 0 saturated carbocycles. The number of hydrogen-bond acceptors (Lipinski definition) is 2. The third-order valence-corrected chi connectivity index (χ3v) is 6.69. The van der Waals surface area contributed by atoms with E-state index in [0.29, 0.717) is 12.1 Å². The van der Waals surface area contributed by atoms with Gasteiger partial charge in [0.15, 0.2) is 0 Å². The molecule has 0 fully saturated rings. The molecule has 3 nitrogen and oxygen atoms in total. The number of rotatable bonds is 4. The Morgan fingerprint density at radius 1 is 0.667 bits per heavy atom. The topological polar surface area (TPSA) is 32.3 Å². The van der Waals surface area contributed by atoms with Gasteiger partial charge in [0.25, 0.3) is 5.91 Å². The third-order valence-electron chi connectivity index (χ3n) is 6.69. The van der Waals surface area contributed by atoms with Gasteiger partial charge in [-0.15, -0.1) is 0 Å². The molecular formula is C30H24N2O. The Bertz CT molecular complexity index is 1650. The molecule has 0 aliphatic rings. The summed E-state index contributed by atoms with van der Waals surface area (Å²) in [5.74, 6) is -0.0535. The second-order valence-electron chi connectivity index (χ2n) is 8.84. The minimum absolute atomic E-state index is 0.0535. The largest absolute Gasteiger partial charge is 0.377 e. The van der Waals surface area contributed by atoms with Crippen molar-refractivity contribution < 1.29 is 4.79 Å². The molecule has 160 valence electrons. The lowest BCUT2D eigenvalue weighted by molar-refractivity contribution is 0.0952. The highest BCUT2D eigenvalue weighted by Gasteiger charge is 2.15. The zero-order chi connectivity index (χ0) is 22.5. The molecule has 0 spiro atoms. The number of hydrogen-bond donors (Lipinski definition) is 1. The van der Waals surface area contributed by atoms with Crippen molar-refractivity contribution in [3.63, 3.8) is 0 Å². The fourth-order valence-electron chi connectivity index (χ4n) is 5.09. The quantitative estimate of drug-likeness (QED) is 0.316. The lowest BCUT2D eigenvalue weighted by atomic mass is 9.92. The van der Waals surface area contributed by atoms with Gasteiger partial charge in [-0.25, -0.2) is 0 Å². The molecule has 0 aliphatic heterocycles. The maximum absolute atomic E-state index is 13.3. The molecule has 0 radical (unpaired) electrons. The highest BCUT2D eigenvalue weighted by molar-refractivity contribution is 6.23. The molecule has 3 heteroatoms. The summed E-state index contributed by atoms with van der Waals surface area (Å²) in [7, 11) is 4.05. The van der Waals surface area contributed by atoms with Crippen LogP contribution in [0.5, 0.6) is 0 Å². The number of carbonyl (C=O) groups is 1. The van der Waals surface area contributed by atoms with Crippen LogP contribution < -0.4 is 10.2 Å². The molecule has 6 aromatic rings. The average molecular weight is 429 g/mol. The van der Waals surface area contributed by atoms with E-state index in [1.54, 1.807) is 0 Å². The molecule has 6 rings (SSSR count). The lowest BCUT2D eigenvalue weighted by Gasteiger charge is -2.18. The molecule has 0 bridgehead atoms. The summed E-state index contributed by atoms with van der Waals surface area (Å²) in [5, 5.41) is 12.7. The van der Waals surface area contributed by atoms with Gasteiger partial charge in [0, 0.05) is 37.3 Å². The minimum Gasteiger partial charge on any atom is -0.377 e. The third kappa shape index (κ3) is 3.08. The standard InChI is InChI=1S/C30H24N2O/c1-32(2)27-17-16-26(24-8-3-4-9-25(24)27)30(33)31-18-22-13-12-21-11-10-19-6-5-7-20-14-15-23(22)29(21)28(19)20/h3-17H,18H2,1-2H3,(H,31,33). The monoisotopic (exact) mass is 428 g/mol. The van der Waals surface area contributed by atoms with Crippen LogP contribution in [0.25, 0.3) is 43.1 Å². The Balaban J connectivity index is 1.39. The van der Waals surface area contributed by atoms with Crippen molar-refractivity contribution in [3.8, 4) is 0 Å². The summed E-state index contributed by atoms with van der Waals surface area (Å²) in [6.07, 6.45) is 0. The number of amides is 1. The first-order chi connectivity index (χ1) is 16.1. The molecule has 0 atom stereocenters. The Labute approximate surface area is 192 Å². The Morgan fingerprint density at radius 3 is 2.09 bits per heavy atom. The van der Waals surface area contributed by atoms with Crippen LogP contribution in [-0.4, -0.2) is 20.0 Å². The first-order valence-electron chi connectivity index (χ1n) is 11.2. The van der Waals surface area contributed by atoms with E-state index >= 15 is 0 Å². The van der Waals surface area contributed by atoms with Crippen molar-refractivity contribution in [3.05, 3.63) is 102 Å². The van der Waals surface area contributed by atoms with E-state index in [2.05, 4.69) is 70.9 Å². The summed E-state index contributed by atoms with van der Waals surface area (Å²) < 4.78 is 0. The van der Waals surface area contributed by atoms with Gasteiger partial charge in [-0.05, 0) is 55.4 Å². The molecule has 1 amide bonds. The SMILES string of the molecule is CN(C)c1ccc(C(=O)NCc2ccc3ccc4cccc5ccc2c3c45)c2ccccc12. The van der Waals surface area contributed by atoms with E-state index in [0.717, 1.165) is 22.0 Å². The summed E-state index contributed by atoms with van der Waals surface area (Å²) >= 11 is 0. The van der Waals surface area contributed by atoms with Crippen molar-refractivity contribution in [2.75, 3.05) is 19.0 Å². The van der Waals surface area contributed by atoms with Crippen molar-refractivity contribution in [2.24, 2.45) is 0 Å². The molecule has 1 N–H and O–H groups in total. The van der Waals surface area contributed by atoms with E-state index in [1.807, 2.05) is 44.4 Å². The first-order valence-corrected chi connectivity index (χ1v) is 11.2. The summed E-state index contributed by atoms with van der Waals surface area (Å²) in [5.41, 5.74) is 2.94. The second-order valence-corrected chi connectivity index (χ2v) is 8.84. The van der Waals surface area contributed by atoms with Crippen molar-refractivity contribution in [2.45, 2.75) is 6.54 Å². The van der Waals surface area contributed by atoms with Crippen LogP contribution in [0.4, 0.5) is 5.69 Å². The lowest BCUT2D eigenvalue weighted by Crippen LogP contribution is -2.23. The zero-order valence-corrected chi connectivity index (χ0v) is 18.7. The fourth-order valence-corrected chi connectivity index (χ4v) is 5.09. The van der Waals surface area contributed by atoms with Gasteiger partial charge in [-0.3, -0.25) is 4.79 Å². The number of nitrogens with one attached hydrogen (secondary N) is 1. The van der Waals surface area contributed by atoms with Crippen LogP contribution in [0.15, 0.2) is 91.0 Å². The molecule has 0 saturated heterocycles. The maximum Gasteiger partial charge on any atom is 0.252 e. The summed E-state index contributed by atoms with van der Waals surface area (Å²) in [6, 6.07) is 31.5. The fraction of sp³-hybridized carbons (Fsp3) is 0.100. The van der Waals surface area contributed by atoms with Crippen LogP contribution in [-0.2, 0) is 6.54 Å². The van der Waals surface area contributed by atoms with Crippen LogP contribution in [0.2, 0.25) is 0 Å². The van der Waals surface area contributed by atoms with Gasteiger partial charge in [0.05, 0.1) is 0 Å². The van der Waals surface area contributed by atoms with E-state index < -0.39 is 0 Å². The van der Waals surface area contributed by atoms with Gasteiger partial charge in [-0.2, -0.15) is 0 Å². The van der Waals surface area contributed by atoms with Crippen molar-refractivity contribution >= 4 is 54.7 Å². The van der Waals surface area contributed by atoms with Crippen LogP contribution in [0.3, 0.4) is 0 Å². The Kier molecular flexibility index (Phi) is 4.44. The van der Waals surface area contributed by atoms with Crippen LogP contribution >= 0.6 is 0 Å². The highest BCUT2D eigenvalue weighted by atomic mass is 16.1. The van der Waals surface area contributed by atoms with Crippen LogP contribution in [0, 0.1) is 0 Å². The van der Waals surface area contributed by atoms with E-state index in [9.17, 15) is 4.79 Å². The normalized spacial score (nSPS) is 11.6. The number of nitrogens with zero attached hydrogens (tertiary/aromatic N) is 1. The number of anilines is 1. The molecule has 6 aromatic carbocycles. The predicted molar refractivity (Wildman–Crippen MR) is 140 cm³/mol. The molecule has 0 aliphatic carbocycles. The molecule has 0 aromatic heterocycles. The van der Waals surface area contributed by atoms with Gasteiger partial charge in [0.1, 0.15) is 0 Å². The number of benzene rings is 6. The van der Waals surface area contributed by atoms with Gasteiger partial charge in [0.2, 0.25) is 0 Å². The molecular weight excluding hydrogens is 404 g/mol. The second kappa shape index (κ2) is 7.49. The highest BCUT2D eigenvalue weighted by Crippen LogP contribution is 2.36. The number of carbonyl (C=O) groups excluding carboxylic acids is 1. The van der Waals surface area contributed by atoms with Crippen molar-refractivity contribution in [1.82, 2.24) is 5.32 Å². The van der Waals surface area contributed by atoms with Crippen LogP contribution in [0.1, 0.15) is 15.9 Å². The van der Waals surface area contributed by atoms with Gasteiger partial charge in [-0.1, -0.05) is 78.9 Å². The smallest absolute Gasteiger partial charge is 0.252 e. The summed E-state index contributed by atoms with van der Waals surface area (Å²) in [6.45, 7) is 0.483. The van der Waals surface area contributed by atoms with E-state index in [4.69, 9.17) is 0 Å². The van der Waals surface area contributed by atoms with Gasteiger partial charge >= 0.3 is 0 Å². The Morgan fingerprint density at radius 2 is 1.33 bits per heavy atom. The first kappa shape index (κ1) is 19.6. The van der Waals surface area contributed by atoms with Crippen molar-refractivity contribution in [1.29, 1.82) is 0 Å². The predicted octanol–water partition coefficient (Wildman–Crippen LogP) is 6.73. The zero-order valence-electron chi connectivity index (χ0n) is 18.7. The van der Waals surface area contributed by atoms with E-state index in [1.165, 1.54) is 32.3 Å². The molecule has 33 heavy (non-hydrogen) atoms. The molecule has 0 heterocycles. The average Bonchev–Trinajstić information content (AvgIpc) is 2.85. The van der Waals surface area contributed by atoms with Gasteiger partial charge < -0.3 is 10.2 Å². The summed E-state index contributed by atoms with van der Waals surface area (Å²) in [4.78, 5) is 15.3.